The summed E-state index contributed by atoms with van der Waals surface area (Å²) in [5.41, 5.74) is 2.34. The molecule has 0 saturated carbocycles. The molecule has 0 aromatic heterocycles. The maximum Gasteiger partial charge on any atom is 0.127 e. The third kappa shape index (κ3) is 4.18. The summed E-state index contributed by atoms with van der Waals surface area (Å²) in [7, 11) is 1.94. The molecule has 0 aliphatic carbocycles. The monoisotopic (exact) mass is 269 g/mol. The first-order valence-electron chi connectivity index (χ1n) is 6.69. The van der Waals surface area contributed by atoms with Gasteiger partial charge in [-0.3, -0.25) is 0 Å². The van der Waals surface area contributed by atoms with Crippen molar-refractivity contribution < 1.29 is 4.74 Å². The topological polar surface area (TPSA) is 21.3 Å². The van der Waals surface area contributed by atoms with Crippen LogP contribution in [0.4, 0.5) is 0 Å². The maximum atomic E-state index is 6.18. The molecule has 0 unspecified atom stereocenters. The third-order valence-electron chi connectivity index (χ3n) is 2.89. The number of halogens is 1. The Morgan fingerprint density at radius 1 is 1.33 bits per heavy atom. The second kappa shape index (κ2) is 7.65. The molecule has 1 N–H and O–H groups in total. The van der Waals surface area contributed by atoms with Gasteiger partial charge in [0, 0.05) is 17.1 Å². The van der Waals surface area contributed by atoms with E-state index in [-0.39, 0.29) is 0 Å². The van der Waals surface area contributed by atoms with Crippen molar-refractivity contribution in [2.45, 2.75) is 46.1 Å². The van der Waals surface area contributed by atoms with Crippen molar-refractivity contribution in [3.8, 4) is 5.75 Å². The van der Waals surface area contributed by atoms with Gasteiger partial charge in [0.2, 0.25) is 0 Å². The Bertz CT molecular complexity index is 377. The number of ether oxygens (including phenoxy) is 1. The minimum absolute atomic E-state index is 0.413. The Morgan fingerprint density at radius 3 is 2.61 bits per heavy atom. The maximum absolute atomic E-state index is 6.18. The number of hydrogen-bond donors (Lipinski definition) is 1. The van der Waals surface area contributed by atoms with E-state index in [1.165, 1.54) is 5.56 Å². The summed E-state index contributed by atoms with van der Waals surface area (Å²) in [4.78, 5) is 0. The number of unbranched alkanes of at least 4 members (excludes halogenated alkanes) is 1. The van der Waals surface area contributed by atoms with Gasteiger partial charge in [-0.2, -0.15) is 0 Å². The highest BCUT2D eigenvalue weighted by atomic mass is 35.5. The lowest BCUT2D eigenvalue weighted by molar-refractivity contribution is 0.301. The van der Waals surface area contributed by atoms with E-state index < -0.39 is 0 Å². The van der Waals surface area contributed by atoms with Crippen molar-refractivity contribution in [2.75, 3.05) is 13.7 Å². The molecule has 102 valence electrons. The van der Waals surface area contributed by atoms with E-state index in [1.807, 2.05) is 19.2 Å². The third-order valence-corrected chi connectivity index (χ3v) is 3.11. The first kappa shape index (κ1) is 15.3. The van der Waals surface area contributed by atoms with Crippen molar-refractivity contribution in [3.63, 3.8) is 0 Å². The molecule has 1 rings (SSSR count). The van der Waals surface area contributed by atoms with E-state index in [4.69, 9.17) is 16.3 Å². The molecule has 0 bridgehead atoms. The molecule has 0 saturated heterocycles. The number of hydrogen-bond acceptors (Lipinski definition) is 2. The van der Waals surface area contributed by atoms with Gasteiger partial charge in [-0.25, -0.2) is 0 Å². The predicted octanol–water partition coefficient (Wildman–Crippen LogP) is 4.36. The van der Waals surface area contributed by atoms with Crippen LogP contribution in [0, 0.1) is 0 Å². The van der Waals surface area contributed by atoms with Crippen molar-refractivity contribution in [1.82, 2.24) is 5.32 Å². The number of rotatable bonds is 7. The van der Waals surface area contributed by atoms with Crippen LogP contribution in [0.5, 0.6) is 5.75 Å². The van der Waals surface area contributed by atoms with Crippen LogP contribution in [0.3, 0.4) is 0 Å². The summed E-state index contributed by atoms with van der Waals surface area (Å²) in [5.74, 6) is 1.42. The first-order valence-corrected chi connectivity index (χ1v) is 7.07. The summed E-state index contributed by atoms with van der Waals surface area (Å²) < 4.78 is 5.98. The molecule has 3 heteroatoms. The predicted molar refractivity (Wildman–Crippen MR) is 78.7 cm³/mol. The van der Waals surface area contributed by atoms with Crippen LogP contribution in [0.15, 0.2) is 12.1 Å². The molecule has 0 spiro atoms. The molecule has 0 heterocycles. The Labute approximate surface area is 116 Å². The zero-order valence-corrected chi connectivity index (χ0v) is 12.6. The molecular formula is C15H24ClNO. The fourth-order valence-corrected chi connectivity index (χ4v) is 2.17. The molecule has 18 heavy (non-hydrogen) atoms. The van der Waals surface area contributed by atoms with E-state index in [9.17, 15) is 0 Å². The fraction of sp³-hybridized carbons (Fsp3) is 0.600. The Balaban J connectivity index is 3.05. The van der Waals surface area contributed by atoms with Gasteiger partial charge in [0.1, 0.15) is 5.75 Å². The fourth-order valence-electron chi connectivity index (χ4n) is 1.92. The summed E-state index contributed by atoms with van der Waals surface area (Å²) in [5, 5.41) is 3.95. The van der Waals surface area contributed by atoms with Gasteiger partial charge >= 0.3 is 0 Å². The van der Waals surface area contributed by atoms with Crippen molar-refractivity contribution in [3.05, 3.63) is 28.3 Å². The zero-order chi connectivity index (χ0) is 13.5. The smallest absolute Gasteiger partial charge is 0.127 e. The van der Waals surface area contributed by atoms with Crippen LogP contribution in [-0.4, -0.2) is 13.7 Å². The summed E-state index contributed by atoms with van der Waals surface area (Å²) in [6.45, 7) is 8.06. The molecule has 0 atom stereocenters. The molecule has 0 aliphatic rings. The normalized spacial score (nSPS) is 11.0. The highest BCUT2D eigenvalue weighted by Gasteiger charge is 2.14. The van der Waals surface area contributed by atoms with Gasteiger partial charge in [-0.05, 0) is 37.1 Å². The van der Waals surface area contributed by atoms with Crippen LogP contribution in [-0.2, 0) is 6.54 Å². The average molecular weight is 270 g/mol. The average Bonchev–Trinajstić information content (AvgIpc) is 2.31. The minimum atomic E-state index is 0.413. The lowest BCUT2D eigenvalue weighted by atomic mass is 9.99. The molecular weight excluding hydrogens is 246 g/mol. The zero-order valence-electron chi connectivity index (χ0n) is 11.8. The van der Waals surface area contributed by atoms with E-state index in [0.29, 0.717) is 5.92 Å². The van der Waals surface area contributed by atoms with Crippen molar-refractivity contribution in [2.24, 2.45) is 0 Å². The highest BCUT2D eigenvalue weighted by molar-refractivity contribution is 6.30. The van der Waals surface area contributed by atoms with Crippen molar-refractivity contribution in [1.29, 1.82) is 0 Å². The SMILES string of the molecule is CCCCOc1c(CNC)cc(Cl)cc1C(C)C. The van der Waals surface area contributed by atoms with Gasteiger partial charge in [-0.15, -0.1) is 0 Å². The van der Waals surface area contributed by atoms with E-state index in [2.05, 4.69) is 26.1 Å². The van der Waals surface area contributed by atoms with E-state index >= 15 is 0 Å². The van der Waals surface area contributed by atoms with Gasteiger partial charge in [0.05, 0.1) is 6.61 Å². The molecule has 1 aromatic rings. The number of benzene rings is 1. The second-order valence-corrected chi connectivity index (χ2v) is 5.31. The van der Waals surface area contributed by atoms with Crippen LogP contribution in [0.2, 0.25) is 5.02 Å². The second-order valence-electron chi connectivity index (χ2n) is 4.87. The molecule has 2 nitrogen and oxygen atoms in total. The lowest BCUT2D eigenvalue weighted by Gasteiger charge is -2.18. The Kier molecular flexibility index (Phi) is 6.51. The van der Waals surface area contributed by atoms with Crippen LogP contribution < -0.4 is 10.1 Å². The molecule has 0 amide bonds. The largest absolute Gasteiger partial charge is 0.493 e. The minimum Gasteiger partial charge on any atom is -0.493 e. The Hall–Kier alpha value is -0.730. The standard InChI is InChI=1S/C15H24ClNO/c1-5-6-7-18-15-12(10-17-4)8-13(16)9-14(15)11(2)3/h8-9,11,17H,5-7,10H2,1-4H3. The van der Waals surface area contributed by atoms with Crippen molar-refractivity contribution >= 4 is 11.6 Å². The molecule has 0 radical (unpaired) electrons. The summed E-state index contributed by atoms with van der Waals surface area (Å²) in [6.07, 6.45) is 2.23. The highest BCUT2D eigenvalue weighted by Crippen LogP contribution is 2.33. The van der Waals surface area contributed by atoms with Gasteiger partial charge in [0.25, 0.3) is 0 Å². The quantitative estimate of drug-likeness (QED) is 0.743. The lowest BCUT2D eigenvalue weighted by Crippen LogP contribution is -2.10. The van der Waals surface area contributed by atoms with Crippen LogP contribution in [0.25, 0.3) is 0 Å². The summed E-state index contributed by atoms with van der Waals surface area (Å²) >= 11 is 6.18. The molecule has 0 aliphatic heterocycles. The first-order chi connectivity index (χ1) is 8.60. The molecule has 1 aromatic carbocycles. The number of nitrogens with one attached hydrogen (secondary N) is 1. The van der Waals surface area contributed by atoms with Gasteiger partial charge < -0.3 is 10.1 Å². The van der Waals surface area contributed by atoms with E-state index in [1.54, 1.807) is 0 Å². The van der Waals surface area contributed by atoms with Crippen LogP contribution >= 0.6 is 11.6 Å². The van der Waals surface area contributed by atoms with Gasteiger partial charge in [-0.1, -0.05) is 38.8 Å². The Morgan fingerprint density at radius 2 is 2.06 bits per heavy atom. The molecule has 0 fully saturated rings. The summed E-state index contributed by atoms with van der Waals surface area (Å²) in [6, 6.07) is 4.01. The van der Waals surface area contributed by atoms with Crippen LogP contribution in [0.1, 0.15) is 50.7 Å². The van der Waals surface area contributed by atoms with Gasteiger partial charge in [0.15, 0.2) is 0 Å². The van der Waals surface area contributed by atoms with E-state index in [0.717, 1.165) is 42.3 Å².